The first-order chi connectivity index (χ1) is 12.1. The lowest BCUT2D eigenvalue weighted by Gasteiger charge is -2.21. The van der Waals surface area contributed by atoms with Gasteiger partial charge >= 0.3 is 0 Å². The molecular formula is C18H24N2O4S. The first-order valence-electron chi connectivity index (χ1n) is 8.88. The number of aliphatic hydroxyl groups is 1. The number of thioether (sulfide) groups is 1. The van der Waals surface area contributed by atoms with E-state index in [1.165, 1.54) is 49.6 Å². The van der Waals surface area contributed by atoms with E-state index in [0.717, 1.165) is 18.3 Å². The highest BCUT2D eigenvalue weighted by Gasteiger charge is 2.38. The van der Waals surface area contributed by atoms with Gasteiger partial charge in [0.2, 0.25) is 0 Å². The SMILES string of the molecule is O=C(NCCC1CC2CCC1C2)c1cc([N+](=O)[O-])ccc1SCCO. The van der Waals surface area contributed by atoms with Crippen molar-refractivity contribution in [3.8, 4) is 0 Å². The number of nitro benzene ring substituents is 1. The monoisotopic (exact) mass is 364 g/mol. The average molecular weight is 364 g/mol. The summed E-state index contributed by atoms with van der Waals surface area (Å²) >= 11 is 1.33. The molecule has 3 atom stereocenters. The molecule has 3 unspecified atom stereocenters. The predicted molar refractivity (Wildman–Crippen MR) is 96.8 cm³/mol. The van der Waals surface area contributed by atoms with Crippen LogP contribution in [0.15, 0.2) is 23.1 Å². The summed E-state index contributed by atoms with van der Waals surface area (Å²) in [4.78, 5) is 23.7. The lowest BCUT2D eigenvalue weighted by Crippen LogP contribution is -2.27. The van der Waals surface area contributed by atoms with Gasteiger partial charge in [0.1, 0.15) is 0 Å². The fourth-order valence-electron chi connectivity index (χ4n) is 4.29. The maximum atomic E-state index is 12.5. The lowest BCUT2D eigenvalue weighted by molar-refractivity contribution is -0.384. The molecule has 1 amide bonds. The van der Waals surface area contributed by atoms with Crippen LogP contribution in [-0.4, -0.2) is 34.8 Å². The maximum Gasteiger partial charge on any atom is 0.270 e. The van der Waals surface area contributed by atoms with Crippen LogP contribution in [0.2, 0.25) is 0 Å². The molecule has 0 radical (unpaired) electrons. The minimum Gasteiger partial charge on any atom is -0.396 e. The third-order valence-electron chi connectivity index (χ3n) is 5.45. The van der Waals surface area contributed by atoms with Gasteiger partial charge in [-0.05, 0) is 49.5 Å². The largest absolute Gasteiger partial charge is 0.396 e. The second-order valence-electron chi connectivity index (χ2n) is 6.99. The summed E-state index contributed by atoms with van der Waals surface area (Å²) in [6.07, 6.45) is 6.32. The van der Waals surface area contributed by atoms with Crippen molar-refractivity contribution in [3.63, 3.8) is 0 Å². The number of nitrogens with zero attached hydrogens (tertiary/aromatic N) is 1. The molecule has 2 saturated carbocycles. The molecule has 0 saturated heterocycles. The summed E-state index contributed by atoms with van der Waals surface area (Å²) in [5.74, 6) is 2.61. The number of carbonyl (C=O) groups excluding carboxylic acids is 1. The molecule has 136 valence electrons. The molecule has 3 rings (SSSR count). The second-order valence-corrected chi connectivity index (χ2v) is 8.13. The van der Waals surface area contributed by atoms with Crippen molar-refractivity contribution < 1.29 is 14.8 Å². The molecule has 25 heavy (non-hydrogen) atoms. The zero-order chi connectivity index (χ0) is 17.8. The molecule has 2 aliphatic carbocycles. The van der Waals surface area contributed by atoms with E-state index in [-0.39, 0.29) is 18.2 Å². The fourth-order valence-corrected chi connectivity index (χ4v) is 5.07. The molecule has 2 aliphatic rings. The Morgan fingerprint density at radius 2 is 2.20 bits per heavy atom. The van der Waals surface area contributed by atoms with E-state index >= 15 is 0 Å². The summed E-state index contributed by atoms with van der Waals surface area (Å²) in [5, 5.41) is 22.9. The summed E-state index contributed by atoms with van der Waals surface area (Å²) in [5.41, 5.74) is 0.229. The molecule has 1 aromatic rings. The zero-order valence-electron chi connectivity index (χ0n) is 14.1. The predicted octanol–water partition coefficient (Wildman–Crippen LogP) is 3.24. The van der Waals surface area contributed by atoms with Gasteiger partial charge in [0, 0.05) is 29.3 Å². The summed E-state index contributed by atoms with van der Waals surface area (Å²) in [7, 11) is 0. The van der Waals surface area contributed by atoms with E-state index in [1.807, 2.05) is 0 Å². The Labute approximate surface area is 151 Å². The van der Waals surface area contributed by atoms with Gasteiger partial charge < -0.3 is 10.4 Å². The molecule has 6 nitrogen and oxygen atoms in total. The van der Waals surface area contributed by atoms with Crippen molar-refractivity contribution >= 4 is 23.4 Å². The van der Waals surface area contributed by atoms with Gasteiger partial charge in [0.25, 0.3) is 11.6 Å². The standard InChI is InChI=1S/C18H24N2O4S/c21-7-8-25-17-4-3-15(20(23)24)11-16(17)18(22)19-6-5-14-10-12-1-2-13(14)9-12/h3-4,11-14,21H,1-2,5-10H2,(H,19,22). The van der Waals surface area contributed by atoms with Gasteiger partial charge in [-0.2, -0.15) is 0 Å². The van der Waals surface area contributed by atoms with Gasteiger partial charge in [-0.1, -0.05) is 6.42 Å². The van der Waals surface area contributed by atoms with Crippen molar-refractivity contribution in [1.29, 1.82) is 0 Å². The van der Waals surface area contributed by atoms with E-state index in [0.29, 0.717) is 28.7 Å². The Kier molecular flexibility index (Phi) is 5.96. The second kappa shape index (κ2) is 8.19. The van der Waals surface area contributed by atoms with Crippen LogP contribution in [0.5, 0.6) is 0 Å². The van der Waals surface area contributed by atoms with Gasteiger partial charge in [-0.15, -0.1) is 11.8 Å². The lowest BCUT2D eigenvalue weighted by atomic mass is 9.86. The molecule has 2 fully saturated rings. The van der Waals surface area contributed by atoms with Crippen molar-refractivity contribution in [2.24, 2.45) is 17.8 Å². The van der Waals surface area contributed by atoms with E-state index in [1.54, 1.807) is 6.07 Å². The highest BCUT2D eigenvalue weighted by molar-refractivity contribution is 7.99. The van der Waals surface area contributed by atoms with E-state index < -0.39 is 4.92 Å². The number of carbonyl (C=O) groups is 1. The Hall–Kier alpha value is -1.60. The number of nitrogens with one attached hydrogen (secondary N) is 1. The van der Waals surface area contributed by atoms with Crippen LogP contribution in [0.1, 0.15) is 42.5 Å². The zero-order valence-corrected chi connectivity index (χ0v) is 15.0. The van der Waals surface area contributed by atoms with Crippen LogP contribution in [0.25, 0.3) is 0 Å². The number of rotatable bonds is 8. The van der Waals surface area contributed by atoms with Crippen LogP contribution in [-0.2, 0) is 0 Å². The number of fused-ring (bicyclic) bond motifs is 2. The Morgan fingerprint density at radius 3 is 2.84 bits per heavy atom. The van der Waals surface area contributed by atoms with Crippen LogP contribution in [0.3, 0.4) is 0 Å². The number of hydrogen-bond donors (Lipinski definition) is 2. The van der Waals surface area contributed by atoms with E-state index in [4.69, 9.17) is 5.11 Å². The van der Waals surface area contributed by atoms with Crippen molar-refractivity contribution in [2.75, 3.05) is 18.9 Å². The number of non-ortho nitro benzene ring substituents is 1. The summed E-state index contributed by atoms with van der Waals surface area (Å²) in [6, 6.07) is 4.31. The van der Waals surface area contributed by atoms with Gasteiger partial charge in [-0.3, -0.25) is 14.9 Å². The van der Waals surface area contributed by atoms with E-state index in [9.17, 15) is 14.9 Å². The minimum atomic E-state index is -0.494. The molecule has 2 N–H and O–H groups in total. The smallest absolute Gasteiger partial charge is 0.270 e. The fraction of sp³-hybridized carbons (Fsp3) is 0.611. The van der Waals surface area contributed by atoms with Crippen LogP contribution >= 0.6 is 11.8 Å². The first-order valence-corrected chi connectivity index (χ1v) is 9.87. The molecule has 0 heterocycles. The van der Waals surface area contributed by atoms with Crippen molar-refractivity contribution in [3.05, 3.63) is 33.9 Å². The Morgan fingerprint density at radius 1 is 1.36 bits per heavy atom. The first kappa shape index (κ1) is 18.2. The van der Waals surface area contributed by atoms with Gasteiger partial charge in [0.15, 0.2) is 0 Å². The van der Waals surface area contributed by atoms with Gasteiger partial charge in [0.05, 0.1) is 17.1 Å². The van der Waals surface area contributed by atoms with Crippen molar-refractivity contribution in [1.82, 2.24) is 5.32 Å². The molecule has 0 spiro atoms. The molecule has 0 aliphatic heterocycles. The molecule has 1 aromatic carbocycles. The molecule has 0 aromatic heterocycles. The summed E-state index contributed by atoms with van der Waals surface area (Å²) in [6.45, 7) is 0.604. The number of hydrogen-bond acceptors (Lipinski definition) is 5. The van der Waals surface area contributed by atoms with Gasteiger partial charge in [-0.25, -0.2) is 0 Å². The number of benzene rings is 1. The Balaban J connectivity index is 1.61. The highest BCUT2D eigenvalue weighted by Crippen LogP contribution is 2.49. The van der Waals surface area contributed by atoms with Crippen molar-refractivity contribution in [2.45, 2.75) is 37.0 Å². The maximum absolute atomic E-state index is 12.5. The van der Waals surface area contributed by atoms with Crippen LogP contribution in [0, 0.1) is 27.9 Å². The molecular weight excluding hydrogens is 340 g/mol. The quantitative estimate of drug-likeness (QED) is 0.420. The number of nitro groups is 1. The Bertz CT molecular complexity index is 652. The number of aliphatic hydroxyl groups excluding tert-OH is 1. The number of amides is 1. The third kappa shape index (κ3) is 4.33. The van der Waals surface area contributed by atoms with Crippen LogP contribution in [0.4, 0.5) is 5.69 Å². The van der Waals surface area contributed by atoms with Crippen LogP contribution < -0.4 is 5.32 Å². The highest BCUT2D eigenvalue weighted by atomic mass is 32.2. The average Bonchev–Trinajstić information content (AvgIpc) is 3.22. The third-order valence-corrected chi connectivity index (χ3v) is 6.51. The van der Waals surface area contributed by atoms with E-state index in [2.05, 4.69) is 5.32 Å². The topological polar surface area (TPSA) is 92.5 Å². The normalized spacial score (nSPS) is 24.4. The summed E-state index contributed by atoms with van der Waals surface area (Å²) < 4.78 is 0. The molecule has 7 heteroatoms. The minimum absolute atomic E-state index is 0.00700. The molecule has 2 bridgehead atoms.